The molecule has 1 heterocycles. The number of hydrogen-bond donors (Lipinski definition) is 1. The molecule has 1 saturated carbocycles. The van der Waals surface area contributed by atoms with Crippen molar-refractivity contribution >= 4 is 0 Å². The Morgan fingerprint density at radius 3 is 3.06 bits per heavy atom. The second-order valence-electron chi connectivity index (χ2n) is 4.93. The van der Waals surface area contributed by atoms with Crippen molar-refractivity contribution in [2.24, 2.45) is 0 Å². The molecular weight excluding hydrogens is 212 g/mol. The van der Waals surface area contributed by atoms with Crippen molar-refractivity contribution in [3.8, 4) is 11.3 Å². The number of nitrogens with one attached hydrogen (secondary N) is 1. The van der Waals surface area contributed by atoms with Crippen LogP contribution >= 0.6 is 0 Å². The molecule has 0 spiro atoms. The van der Waals surface area contributed by atoms with Gasteiger partial charge in [-0.15, -0.1) is 0 Å². The van der Waals surface area contributed by atoms with Gasteiger partial charge in [-0.05, 0) is 18.4 Å². The first kappa shape index (κ1) is 9.42. The Morgan fingerprint density at radius 2 is 2.18 bits per heavy atom. The Kier molecular flexibility index (Phi) is 1.91. The van der Waals surface area contributed by atoms with Gasteiger partial charge in [0.25, 0.3) is 0 Å². The second-order valence-corrected chi connectivity index (χ2v) is 4.93. The van der Waals surface area contributed by atoms with Gasteiger partial charge in [0, 0.05) is 30.1 Å². The summed E-state index contributed by atoms with van der Waals surface area (Å²) in [6.07, 6.45) is 3.58. The topological polar surface area (TPSA) is 38.1 Å². The normalized spacial score (nSPS) is 16.9. The summed E-state index contributed by atoms with van der Waals surface area (Å²) in [5.41, 5.74) is 4.94. The molecule has 3 heteroatoms. The van der Waals surface area contributed by atoms with E-state index < -0.39 is 0 Å². The van der Waals surface area contributed by atoms with Gasteiger partial charge in [0.1, 0.15) is 5.69 Å². The van der Waals surface area contributed by atoms with Gasteiger partial charge in [0.15, 0.2) is 5.76 Å². The average Bonchev–Trinajstić information content (AvgIpc) is 2.99. The summed E-state index contributed by atoms with van der Waals surface area (Å²) >= 11 is 0. The van der Waals surface area contributed by atoms with Gasteiger partial charge >= 0.3 is 0 Å². The van der Waals surface area contributed by atoms with E-state index in [9.17, 15) is 0 Å². The Morgan fingerprint density at radius 1 is 1.29 bits per heavy atom. The zero-order valence-electron chi connectivity index (χ0n) is 9.57. The van der Waals surface area contributed by atoms with Gasteiger partial charge in [-0.1, -0.05) is 29.4 Å². The fourth-order valence-corrected chi connectivity index (χ4v) is 2.49. The summed E-state index contributed by atoms with van der Waals surface area (Å²) in [5.74, 6) is 0.980. The number of fused-ring (bicyclic) bond motifs is 3. The van der Waals surface area contributed by atoms with Crippen LogP contribution in [0.3, 0.4) is 0 Å². The summed E-state index contributed by atoms with van der Waals surface area (Å²) in [5, 5.41) is 7.69. The Balaban J connectivity index is 1.66. The van der Waals surface area contributed by atoms with Crippen LogP contribution in [0.1, 0.15) is 29.7 Å². The van der Waals surface area contributed by atoms with Crippen LogP contribution in [0.4, 0.5) is 0 Å². The van der Waals surface area contributed by atoms with Gasteiger partial charge < -0.3 is 9.84 Å². The molecule has 0 aliphatic heterocycles. The standard InChI is InChI=1S/C14H14N2O/c1-2-4-11-9(3-1)7-12-13(16-17-14(11)12)8-15-10-5-6-10/h1-4,10,15H,5-8H2. The summed E-state index contributed by atoms with van der Waals surface area (Å²) in [4.78, 5) is 0. The van der Waals surface area contributed by atoms with Crippen LogP contribution in [0.15, 0.2) is 28.8 Å². The molecule has 2 aliphatic carbocycles. The Hall–Kier alpha value is -1.61. The zero-order valence-corrected chi connectivity index (χ0v) is 9.57. The molecule has 3 nitrogen and oxygen atoms in total. The molecule has 0 amide bonds. The number of benzene rings is 1. The largest absolute Gasteiger partial charge is 0.356 e. The molecule has 2 aromatic rings. The fraction of sp³-hybridized carbons (Fsp3) is 0.357. The molecular formula is C14H14N2O. The van der Waals surface area contributed by atoms with E-state index in [-0.39, 0.29) is 0 Å². The molecule has 2 aliphatic rings. The van der Waals surface area contributed by atoms with Crippen LogP contribution in [-0.2, 0) is 13.0 Å². The lowest BCUT2D eigenvalue weighted by atomic mass is 10.1. The number of aromatic nitrogens is 1. The third kappa shape index (κ3) is 1.50. The Labute approximate surface area is 99.8 Å². The zero-order chi connectivity index (χ0) is 11.2. The van der Waals surface area contributed by atoms with Crippen LogP contribution in [0, 0.1) is 0 Å². The van der Waals surface area contributed by atoms with E-state index in [0.717, 1.165) is 24.4 Å². The lowest BCUT2D eigenvalue weighted by molar-refractivity contribution is 0.420. The molecule has 17 heavy (non-hydrogen) atoms. The van der Waals surface area contributed by atoms with E-state index in [1.54, 1.807) is 0 Å². The third-order valence-corrected chi connectivity index (χ3v) is 3.63. The monoisotopic (exact) mass is 226 g/mol. The van der Waals surface area contributed by atoms with Gasteiger partial charge in [-0.25, -0.2) is 0 Å². The van der Waals surface area contributed by atoms with Gasteiger partial charge in [0.2, 0.25) is 0 Å². The van der Waals surface area contributed by atoms with E-state index in [1.165, 1.54) is 29.5 Å². The van der Waals surface area contributed by atoms with Crippen molar-refractivity contribution < 1.29 is 4.52 Å². The lowest BCUT2D eigenvalue weighted by Gasteiger charge is -2.00. The number of rotatable bonds is 3. The highest BCUT2D eigenvalue weighted by atomic mass is 16.5. The summed E-state index contributed by atoms with van der Waals surface area (Å²) in [7, 11) is 0. The molecule has 0 atom stereocenters. The molecule has 1 fully saturated rings. The molecule has 86 valence electrons. The van der Waals surface area contributed by atoms with E-state index in [0.29, 0.717) is 6.04 Å². The predicted molar refractivity (Wildman–Crippen MR) is 64.6 cm³/mol. The van der Waals surface area contributed by atoms with Crippen LogP contribution in [0.2, 0.25) is 0 Å². The minimum absolute atomic E-state index is 0.714. The summed E-state index contributed by atoms with van der Waals surface area (Å²) in [6, 6.07) is 9.14. The maximum absolute atomic E-state index is 5.50. The SMILES string of the molecule is c1ccc2c(c1)Cc1c(CNC3CC3)noc1-2. The van der Waals surface area contributed by atoms with Crippen molar-refractivity contribution in [3.05, 3.63) is 41.1 Å². The minimum atomic E-state index is 0.714. The molecule has 1 N–H and O–H groups in total. The van der Waals surface area contributed by atoms with Gasteiger partial charge in [-0.3, -0.25) is 0 Å². The quantitative estimate of drug-likeness (QED) is 0.745. The first-order valence-corrected chi connectivity index (χ1v) is 6.21. The van der Waals surface area contributed by atoms with Crippen molar-refractivity contribution in [3.63, 3.8) is 0 Å². The van der Waals surface area contributed by atoms with Crippen molar-refractivity contribution in [1.29, 1.82) is 0 Å². The van der Waals surface area contributed by atoms with E-state index in [1.807, 2.05) is 0 Å². The maximum Gasteiger partial charge on any atom is 0.170 e. The summed E-state index contributed by atoms with van der Waals surface area (Å²) in [6.45, 7) is 0.845. The van der Waals surface area contributed by atoms with Crippen LogP contribution in [-0.4, -0.2) is 11.2 Å². The van der Waals surface area contributed by atoms with Crippen LogP contribution in [0.5, 0.6) is 0 Å². The number of nitrogens with zero attached hydrogens (tertiary/aromatic N) is 1. The third-order valence-electron chi connectivity index (χ3n) is 3.63. The smallest absolute Gasteiger partial charge is 0.170 e. The predicted octanol–water partition coefficient (Wildman–Crippen LogP) is 2.50. The van der Waals surface area contributed by atoms with E-state index in [2.05, 4.69) is 34.7 Å². The lowest BCUT2D eigenvalue weighted by Crippen LogP contribution is -2.16. The first-order chi connectivity index (χ1) is 8.42. The molecule has 1 aromatic heterocycles. The summed E-state index contributed by atoms with van der Waals surface area (Å²) < 4.78 is 5.50. The maximum atomic E-state index is 5.50. The highest BCUT2D eigenvalue weighted by molar-refractivity contribution is 5.72. The average molecular weight is 226 g/mol. The van der Waals surface area contributed by atoms with Crippen molar-refractivity contribution in [2.45, 2.75) is 31.8 Å². The van der Waals surface area contributed by atoms with E-state index in [4.69, 9.17) is 4.52 Å². The molecule has 4 rings (SSSR count). The van der Waals surface area contributed by atoms with Gasteiger partial charge in [0.05, 0.1) is 0 Å². The van der Waals surface area contributed by atoms with Gasteiger partial charge in [-0.2, -0.15) is 0 Å². The minimum Gasteiger partial charge on any atom is -0.356 e. The second kappa shape index (κ2) is 3.44. The Bertz CT molecular complexity index is 569. The molecule has 0 saturated heterocycles. The number of hydrogen-bond acceptors (Lipinski definition) is 3. The van der Waals surface area contributed by atoms with Crippen LogP contribution in [0.25, 0.3) is 11.3 Å². The molecule has 0 unspecified atom stereocenters. The van der Waals surface area contributed by atoms with Crippen molar-refractivity contribution in [2.75, 3.05) is 0 Å². The van der Waals surface area contributed by atoms with Crippen molar-refractivity contribution in [1.82, 2.24) is 10.5 Å². The van der Waals surface area contributed by atoms with E-state index >= 15 is 0 Å². The van der Waals surface area contributed by atoms with Crippen LogP contribution < -0.4 is 5.32 Å². The first-order valence-electron chi connectivity index (χ1n) is 6.21. The molecule has 0 bridgehead atoms. The highest BCUT2D eigenvalue weighted by Crippen LogP contribution is 2.38. The molecule has 1 aromatic carbocycles. The molecule has 0 radical (unpaired) electrons. The highest BCUT2D eigenvalue weighted by Gasteiger charge is 2.27. The fourth-order valence-electron chi connectivity index (χ4n) is 2.49.